The molecular formula is C13H16N2O3. The van der Waals surface area contributed by atoms with Crippen LogP contribution in [-0.2, 0) is 9.59 Å². The van der Waals surface area contributed by atoms with Crippen LogP contribution in [0.25, 0.3) is 0 Å². The number of amides is 1. The molecule has 1 saturated carbocycles. The average Bonchev–Trinajstić information content (AvgIpc) is 3.16. The van der Waals surface area contributed by atoms with Gasteiger partial charge in [-0.25, -0.2) is 0 Å². The highest BCUT2D eigenvalue weighted by atomic mass is 16.4. The van der Waals surface area contributed by atoms with Gasteiger partial charge in [0.15, 0.2) is 0 Å². The van der Waals surface area contributed by atoms with Gasteiger partial charge in [0.25, 0.3) is 0 Å². The molecule has 0 saturated heterocycles. The number of hydrogen-bond donors (Lipinski definition) is 1. The fourth-order valence-electron chi connectivity index (χ4n) is 2.09. The van der Waals surface area contributed by atoms with Crippen LogP contribution < -0.4 is 0 Å². The molecule has 96 valence electrons. The summed E-state index contributed by atoms with van der Waals surface area (Å²) >= 11 is 0. The zero-order chi connectivity index (χ0) is 13.1. The zero-order valence-electron chi connectivity index (χ0n) is 10.2. The van der Waals surface area contributed by atoms with Crippen molar-refractivity contribution in [3.8, 4) is 0 Å². The molecule has 1 N–H and O–H groups in total. The summed E-state index contributed by atoms with van der Waals surface area (Å²) in [7, 11) is 1.66. The number of aromatic nitrogens is 1. The van der Waals surface area contributed by atoms with Crippen LogP contribution in [0.4, 0.5) is 0 Å². The molecule has 1 amide bonds. The van der Waals surface area contributed by atoms with Gasteiger partial charge in [-0.05, 0) is 24.0 Å². The first-order chi connectivity index (χ1) is 8.59. The molecule has 0 bridgehead atoms. The lowest BCUT2D eigenvalue weighted by Crippen LogP contribution is -2.30. The Morgan fingerprint density at radius 3 is 2.94 bits per heavy atom. The minimum atomic E-state index is -0.880. The highest BCUT2D eigenvalue weighted by Gasteiger charge is 2.45. The van der Waals surface area contributed by atoms with E-state index in [1.165, 1.54) is 4.90 Å². The van der Waals surface area contributed by atoms with Crippen LogP contribution >= 0.6 is 0 Å². The van der Waals surface area contributed by atoms with Gasteiger partial charge in [0.2, 0.25) is 5.91 Å². The summed E-state index contributed by atoms with van der Waals surface area (Å²) in [5.41, 5.74) is 1.09. The molecule has 1 fully saturated rings. The molecule has 0 aliphatic heterocycles. The molecule has 1 aromatic heterocycles. The Balaban J connectivity index is 1.87. The number of pyridine rings is 1. The van der Waals surface area contributed by atoms with Gasteiger partial charge < -0.3 is 10.0 Å². The van der Waals surface area contributed by atoms with Crippen LogP contribution in [0, 0.1) is 5.92 Å². The summed E-state index contributed by atoms with van der Waals surface area (Å²) < 4.78 is 0. The van der Waals surface area contributed by atoms with Crippen molar-refractivity contribution < 1.29 is 14.7 Å². The molecule has 18 heavy (non-hydrogen) atoms. The van der Waals surface area contributed by atoms with Gasteiger partial charge in [0.1, 0.15) is 0 Å². The van der Waals surface area contributed by atoms with E-state index in [1.54, 1.807) is 19.4 Å². The average molecular weight is 248 g/mol. The summed E-state index contributed by atoms with van der Waals surface area (Å²) in [5, 5.41) is 8.58. The third-order valence-corrected chi connectivity index (χ3v) is 3.26. The monoisotopic (exact) mass is 248 g/mol. The van der Waals surface area contributed by atoms with Crippen molar-refractivity contribution in [1.82, 2.24) is 9.88 Å². The number of carbonyl (C=O) groups excluding carboxylic acids is 1. The predicted octanol–water partition coefficient (Wildman–Crippen LogP) is 1.12. The van der Waals surface area contributed by atoms with Crippen LogP contribution in [0.1, 0.15) is 24.3 Å². The van der Waals surface area contributed by atoms with E-state index in [9.17, 15) is 9.59 Å². The molecule has 0 radical (unpaired) electrons. The Bertz CT molecular complexity index is 447. The highest BCUT2D eigenvalue weighted by molar-refractivity contribution is 5.83. The van der Waals surface area contributed by atoms with Crippen LogP contribution in [0.15, 0.2) is 24.5 Å². The fourth-order valence-corrected chi connectivity index (χ4v) is 2.09. The summed E-state index contributed by atoms with van der Waals surface area (Å²) in [6, 6.07) is 3.84. The Morgan fingerprint density at radius 2 is 2.33 bits per heavy atom. The SMILES string of the molecule is CN(CCC(=O)O)C(=O)[C@H]1C[C@@H]1c1cccnc1. The van der Waals surface area contributed by atoms with Crippen molar-refractivity contribution in [2.45, 2.75) is 18.8 Å². The minimum Gasteiger partial charge on any atom is -0.481 e. The first kappa shape index (κ1) is 12.5. The molecule has 2 rings (SSSR count). The lowest BCUT2D eigenvalue weighted by atomic mass is 10.1. The van der Waals surface area contributed by atoms with E-state index in [-0.39, 0.29) is 30.7 Å². The second-order valence-corrected chi connectivity index (χ2v) is 4.64. The van der Waals surface area contributed by atoms with Gasteiger partial charge in [-0.2, -0.15) is 0 Å². The van der Waals surface area contributed by atoms with Crippen molar-refractivity contribution in [3.63, 3.8) is 0 Å². The maximum Gasteiger partial charge on any atom is 0.305 e. The van der Waals surface area contributed by atoms with E-state index in [0.29, 0.717) is 0 Å². The third-order valence-electron chi connectivity index (χ3n) is 3.26. The molecular weight excluding hydrogens is 232 g/mol. The van der Waals surface area contributed by atoms with Crippen molar-refractivity contribution >= 4 is 11.9 Å². The van der Waals surface area contributed by atoms with Gasteiger partial charge in [-0.1, -0.05) is 6.07 Å². The van der Waals surface area contributed by atoms with E-state index in [1.807, 2.05) is 12.1 Å². The molecule has 0 spiro atoms. The number of carbonyl (C=O) groups is 2. The van der Waals surface area contributed by atoms with Crippen molar-refractivity contribution in [3.05, 3.63) is 30.1 Å². The number of carboxylic acid groups (broad SMARTS) is 1. The number of aliphatic carboxylic acids is 1. The molecule has 0 aromatic carbocycles. The van der Waals surface area contributed by atoms with Crippen molar-refractivity contribution in [1.29, 1.82) is 0 Å². The zero-order valence-corrected chi connectivity index (χ0v) is 10.2. The Hall–Kier alpha value is -1.91. The van der Waals surface area contributed by atoms with Gasteiger partial charge in [-0.15, -0.1) is 0 Å². The van der Waals surface area contributed by atoms with E-state index in [4.69, 9.17) is 5.11 Å². The van der Waals surface area contributed by atoms with Gasteiger partial charge in [0, 0.05) is 31.9 Å². The first-order valence-electron chi connectivity index (χ1n) is 5.96. The van der Waals surface area contributed by atoms with E-state index < -0.39 is 5.97 Å². The molecule has 1 aromatic rings. The van der Waals surface area contributed by atoms with E-state index in [0.717, 1.165) is 12.0 Å². The van der Waals surface area contributed by atoms with Crippen LogP contribution in [0.3, 0.4) is 0 Å². The molecule has 1 aliphatic rings. The number of rotatable bonds is 5. The normalized spacial score (nSPS) is 21.4. The third kappa shape index (κ3) is 2.85. The Morgan fingerprint density at radius 1 is 1.56 bits per heavy atom. The summed E-state index contributed by atoms with van der Waals surface area (Å²) in [4.78, 5) is 28.0. The lowest BCUT2D eigenvalue weighted by Gasteiger charge is -2.15. The topological polar surface area (TPSA) is 70.5 Å². The molecule has 5 nitrogen and oxygen atoms in total. The molecule has 2 atom stereocenters. The standard InChI is InChI=1S/C13H16N2O3/c1-15(6-4-12(16)17)13(18)11-7-10(11)9-3-2-5-14-8-9/h2-3,5,8,10-11H,4,6-7H2,1H3,(H,16,17)/t10-,11+/m1/s1. The molecule has 0 unspecified atom stereocenters. The molecule has 5 heteroatoms. The Labute approximate surface area is 105 Å². The number of nitrogens with zero attached hydrogens (tertiary/aromatic N) is 2. The van der Waals surface area contributed by atoms with Gasteiger partial charge in [0.05, 0.1) is 6.42 Å². The lowest BCUT2D eigenvalue weighted by molar-refractivity contribution is -0.138. The quantitative estimate of drug-likeness (QED) is 0.847. The maximum atomic E-state index is 12.0. The number of carboxylic acids is 1. The predicted molar refractivity (Wildman–Crippen MR) is 65.0 cm³/mol. The summed E-state index contributed by atoms with van der Waals surface area (Å²) in [5.74, 6) is -0.606. The van der Waals surface area contributed by atoms with Gasteiger partial charge >= 0.3 is 5.97 Å². The van der Waals surface area contributed by atoms with Gasteiger partial charge in [-0.3, -0.25) is 14.6 Å². The molecule has 1 heterocycles. The largest absolute Gasteiger partial charge is 0.481 e. The second kappa shape index (κ2) is 5.16. The van der Waals surface area contributed by atoms with E-state index >= 15 is 0 Å². The van der Waals surface area contributed by atoms with Crippen LogP contribution in [-0.4, -0.2) is 40.5 Å². The summed E-state index contributed by atoms with van der Waals surface area (Å²) in [6.07, 6.45) is 4.32. The molecule has 1 aliphatic carbocycles. The van der Waals surface area contributed by atoms with Crippen molar-refractivity contribution in [2.75, 3.05) is 13.6 Å². The maximum absolute atomic E-state index is 12.0. The smallest absolute Gasteiger partial charge is 0.305 e. The number of hydrogen-bond acceptors (Lipinski definition) is 3. The van der Waals surface area contributed by atoms with Crippen LogP contribution in [0.2, 0.25) is 0 Å². The first-order valence-corrected chi connectivity index (χ1v) is 5.96. The Kier molecular flexibility index (Phi) is 3.60. The highest BCUT2D eigenvalue weighted by Crippen LogP contribution is 2.48. The van der Waals surface area contributed by atoms with Crippen molar-refractivity contribution in [2.24, 2.45) is 5.92 Å². The summed E-state index contributed by atoms with van der Waals surface area (Å²) in [6.45, 7) is 0.268. The van der Waals surface area contributed by atoms with Crippen LogP contribution in [0.5, 0.6) is 0 Å². The second-order valence-electron chi connectivity index (χ2n) is 4.64. The fraction of sp³-hybridized carbons (Fsp3) is 0.462. The van der Waals surface area contributed by atoms with E-state index in [2.05, 4.69) is 4.98 Å². The minimum absolute atomic E-state index is 0.00649.